The summed E-state index contributed by atoms with van der Waals surface area (Å²) >= 11 is 5.56. The summed E-state index contributed by atoms with van der Waals surface area (Å²) in [4.78, 5) is 14.0. The molecule has 1 unspecified atom stereocenters. The second-order valence-corrected chi connectivity index (χ2v) is 2.78. The molecule has 0 saturated carbocycles. The van der Waals surface area contributed by atoms with E-state index in [-0.39, 0.29) is 11.2 Å². The number of nitrogens with one attached hydrogen (secondary N) is 1. The van der Waals surface area contributed by atoms with Crippen LogP contribution < -0.4 is 5.69 Å². The first-order valence-electron chi connectivity index (χ1n) is 3.35. The van der Waals surface area contributed by atoms with Crippen molar-refractivity contribution in [3.63, 3.8) is 0 Å². The van der Waals surface area contributed by atoms with E-state index >= 15 is 0 Å². The molecular formula is C6H7ClN4O. The second kappa shape index (κ2) is 3.41. The SMILES string of the molecule is CC(C#N)Cn1[nH]c(=O)nc1Cl. The summed E-state index contributed by atoms with van der Waals surface area (Å²) in [5.41, 5.74) is -0.495. The molecule has 1 aromatic rings. The highest BCUT2D eigenvalue weighted by atomic mass is 35.5. The van der Waals surface area contributed by atoms with Crippen LogP contribution in [0.25, 0.3) is 0 Å². The van der Waals surface area contributed by atoms with E-state index in [0.29, 0.717) is 6.54 Å². The van der Waals surface area contributed by atoms with Crippen molar-refractivity contribution in [1.82, 2.24) is 14.8 Å². The lowest BCUT2D eigenvalue weighted by Gasteiger charge is -2.02. The van der Waals surface area contributed by atoms with Gasteiger partial charge in [-0.2, -0.15) is 10.2 Å². The summed E-state index contributed by atoms with van der Waals surface area (Å²) in [6, 6.07) is 2.02. The zero-order valence-corrected chi connectivity index (χ0v) is 7.17. The molecule has 0 amide bonds. The fraction of sp³-hybridized carbons (Fsp3) is 0.500. The van der Waals surface area contributed by atoms with Crippen LogP contribution in [0.3, 0.4) is 0 Å². The average molecular weight is 187 g/mol. The highest BCUT2D eigenvalue weighted by Crippen LogP contribution is 2.03. The molecule has 0 aliphatic rings. The number of hydrogen-bond donors (Lipinski definition) is 1. The van der Waals surface area contributed by atoms with Gasteiger partial charge in [-0.25, -0.2) is 9.89 Å². The van der Waals surface area contributed by atoms with Crippen molar-refractivity contribution in [2.75, 3.05) is 0 Å². The van der Waals surface area contributed by atoms with E-state index < -0.39 is 5.69 Å². The van der Waals surface area contributed by atoms with E-state index in [1.54, 1.807) is 6.92 Å². The third kappa shape index (κ3) is 1.86. The van der Waals surface area contributed by atoms with Crippen molar-refractivity contribution in [3.8, 4) is 6.07 Å². The maximum absolute atomic E-state index is 10.6. The Morgan fingerprint density at radius 2 is 2.58 bits per heavy atom. The van der Waals surface area contributed by atoms with Crippen molar-refractivity contribution in [3.05, 3.63) is 15.8 Å². The molecule has 1 heterocycles. The van der Waals surface area contributed by atoms with Crippen LogP contribution in [0.5, 0.6) is 0 Å². The lowest BCUT2D eigenvalue weighted by molar-refractivity contribution is 0.525. The predicted molar refractivity (Wildman–Crippen MR) is 42.6 cm³/mol. The normalized spacial score (nSPS) is 12.4. The molecule has 0 aliphatic heterocycles. The Bertz CT molecular complexity index is 360. The van der Waals surface area contributed by atoms with E-state index in [1.165, 1.54) is 4.68 Å². The zero-order valence-electron chi connectivity index (χ0n) is 6.41. The summed E-state index contributed by atoms with van der Waals surface area (Å²) in [7, 11) is 0. The number of aromatic amines is 1. The average Bonchev–Trinajstić information content (AvgIpc) is 2.30. The minimum Gasteiger partial charge on any atom is -0.255 e. The summed E-state index contributed by atoms with van der Waals surface area (Å²) in [6.45, 7) is 2.08. The van der Waals surface area contributed by atoms with Crippen LogP contribution in [0, 0.1) is 17.2 Å². The van der Waals surface area contributed by atoms with E-state index in [0.717, 1.165) is 0 Å². The molecule has 0 spiro atoms. The van der Waals surface area contributed by atoms with Crippen molar-refractivity contribution in [2.45, 2.75) is 13.5 Å². The van der Waals surface area contributed by atoms with Gasteiger partial charge in [0.1, 0.15) is 0 Å². The molecule has 1 atom stereocenters. The molecule has 1 N–H and O–H groups in total. The fourth-order valence-electron chi connectivity index (χ4n) is 0.766. The van der Waals surface area contributed by atoms with E-state index in [9.17, 15) is 4.79 Å². The Hall–Kier alpha value is -1.28. The van der Waals surface area contributed by atoms with Crippen molar-refractivity contribution < 1.29 is 0 Å². The highest BCUT2D eigenvalue weighted by molar-refractivity contribution is 6.28. The molecule has 0 radical (unpaired) electrons. The van der Waals surface area contributed by atoms with Crippen LogP contribution in [0.2, 0.25) is 5.28 Å². The minimum absolute atomic E-state index is 0.0853. The van der Waals surface area contributed by atoms with Crippen LogP contribution in [0.4, 0.5) is 0 Å². The number of hydrogen-bond acceptors (Lipinski definition) is 3. The summed E-state index contributed by atoms with van der Waals surface area (Å²) in [5.74, 6) is -0.202. The Labute approximate surface area is 73.6 Å². The summed E-state index contributed by atoms with van der Waals surface area (Å²) < 4.78 is 1.35. The van der Waals surface area contributed by atoms with Gasteiger partial charge >= 0.3 is 5.69 Å². The molecule has 64 valence electrons. The molecule has 0 aliphatic carbocycles. The topological polar surface area (TPSA) is 74.5 Å². The molecule has 5 nitrogen and oxygen atoms in total. The molecular weight excluding hydrogens is 180 g/mol. The van der Waals surface area contributed by atoms with Crippen molar-refractivity contribution >= 4 is 11.6 Å². The third-order valence-corrected chi connectivity index (χ3v) is 1.61. The predicted octanol–water partition coefficient (Wildman–Crippen LogP) is 0.384. The van der Waals surface area contributed by atoms with Gasteiger partial charge in [0.05, 0.1) is 18.5 Å². The first kappa shape index (κ1) is 8.81. The summed E-state index contributed by atoms with van der Waals surface area (Å²) in [5, 5.41) is 10.9. The van der Waals surface area contributed by atoms with Crippen LogP contribution >= 0.6 is 11.6 Å². The third-order valence-electron chi connectivity index (χ3n) is 1.32. The number of H-pyrrole nitrogens is 1. The number of nitrogens with zero attached hydrogens (tertiary/aromatic N) is 3. The maximum atomic E-state index is 10.6. The smallest absolute Gasteiger partial charge is 0.255 e. The fourth-order valence-corrected chi connectivity index (χ4v) is 0.954. The Kier molecular flexibility index (Phi) is 2.51. The quantitative estimate of drug-likeness (QED) is 0.726. The standard InChI is InChI=1S/C6H7ClN4O/c1-4(2-8)3-11-5(7)9-6(12)10-11/h4H,3H2,1H3,(H,10,12). The number of halogens is 1. The number of nitriles is 1. The molecule has 6 heteroatoms. The van der Waals surface area contributed by atoms with Crippen LogP contribution in [-0.4, -0.2) is 14.8 Å². The highest BCUT2D eigenvalue weighted by Gasteiger charge is 2.06. The molecule has 0 aromatic carbocycles. The van der Waals surface area contributed by atoms with Crippen molar-refractivity contribution in [1.29, 1.82) is 5.26 Å². The Balaban J connectivity index is 2.84. The first-order chi connectivity index (χ1) is 5.63. The van der Waals surface area contributed by atoms with Gasteiger partial charge in [0.2, 0.25) is 5.28 Å². The van der Waals surface area contributed by atoms with E-state index in [1.807, 2.05) is 6.07 Å². The monoisotopic (exact) mass is 186 g/mol. The molecule has 1 aromatic heterocycles. The molecule has 12 heavy (non-hydrogen) atoms. The largest absolute Gasteiger partial charge is 0.362 e. The molecule has 0 bridgehead atoms. The Morgan fingerprint density at radius 1 is 1.92 bits per heavy atom. The van der Waals surface area contributed by atoms with Gasteiger partial charge in [0.15, 0.2) is 0 Å². The van der Waals surface area contributed by atoms with Gasteiger partial charge < -0.3 is 0 Å². The van der Waals surface area contributed by atoms with E-state index in [2.05, 4.69) is 10.1 Å². The lowest BCUT2D eigenvalue weighted by Crippen LogP contribution is -2.10. The summed E-state index contributed by atoms with van der Waals surface area (Å²) in [6.07, 6.45) is 0. The van der Waals surface area contributed by atoms with Gasteiger partial charge in [0, 0.05) is 0 Å². The van der Waals surface area contributed by atoms with Gasteiger partial charge in [-0.15, -0.1) is 0 Å². The van der Waals surface area contributed by atoms with Gasteiger partial charge in [-0.1, -0.05) is 0 Å². The Morgan fingerprint density at radius 3 is 3.00 bits per heavy atom. The lowest BCUT2D eigenvalue weighted by atomic mass is 10.2. The van der Waals surface area contributed by atoms with Crippen molar-refractivity contribution in [2.24, 2.45) is 5.92 Å². The minimum atomic E-state index is -0.495. The number of rotatable bonds is 2. The van der Waals surface area contributed by atoms with Crippen LogP contribution in [0.1, 0.15) is 6.92 Å². The van der Waals surface area contributed by atoms with Gasteiger partial charge in [-0.3, -0.25) is 4.68 Å². The van der Waals surface area contributed by atoms with E-state index in [4.69, 9.17) is 16.9 Å². The molecule has 1 rings (SSSR count). The zero-order chi connectivity index (χ0) is 9.14. The molecule has 0 saturated heterocycles. The van der Waals surface area contributed by atoms with Crippen LogP contribution in [0.15, 0.2) is 4.79 Å². The van der Waals surface area contributed by atoms with Gasteiger partial charge in [0.25, 0.3) is 0 Å². The first-order valence-corrected chi connectivity index (χ1v) is 3.73. The van der Waals surface area contributed by atoms with Gasteiger partial charge in [-0.05, 0) is 18.5 Å². The second-order valence-electron chi connectivity index (χ2n) is 2.44. The maximum Gasteiger partial charge on any atom is 0.362 e. The van der Waals surface area contributed by atoms with Crippen LogP contribution in [-0.2, 0) is 6.54 Å². The molecule has 0 fully saturated rings. The number of aromatic nitrogens is 3.